The standard InChI is InChI=1S/C8H18N2O.C2H6/c1-9-5-3-8(4-6-11)7-10-2;1-2/h6,8-10H,3-5,7H2,1-2H3;1-2H3. The third-order valence-corrected chi connectivity index (χ3v) is 1.72. The van der Waals surface area contributed by atoms with Crippen LogP contribution in [0.25, 0.3) is 0 Å². The van der Waals surface area contributed by atoms with Gasteiger partial charge in [0.05, 0.1) is 0 Å². The van der Waals surface area contributed by atoms with E-state index in [-0.39, 0.29) is 0 Å². The molecule has 0 saturated carbocycles. The molecule has 1 unspecified atom stereocenters. The molecule has 0 aromatic rings. The maximum atomic E-state index is 10.2. The summed E-state index contributed by atoms with van der Waals surface area (Å²) in [6.07, 6.45) is 2.73. The Morgan fingerprint density at radius 2 is 1.85 bits per heavy atom. The fraction of sp³-hybridized carbons (Fsp3) is 0.900. The second-order valence-corrected chi connectivity index (χ2v) is 2.72. The van der Waals surface area contributed by atoms with E-state index in [1.165, 1.54) is 0 Å². The van der Waals surface area contributed by atoms with E-state index in [1.807, 2.05) is 27.9 Å². The molecule has 0 saturated heterocycles. The Morgan fingerprint density at radius 1 is 1.23 bits per heavy atom. The number of rotatable bonds is 7. The molecular formula is C10H24N2O. The molecule has 13 heavy (non-hydrogen) atoms. The minimum Gasteiger partial charge on any atom is -0.320 e. The van der Waals surface area contributed by atoms with Gasteiger partial charge in [0.1, 0.15) is 6.29 Å². The third-order valence-electron chi connectivity index (χ3n) is 1.72. The van der Waals surface area contributed by atoms with Crippen LogP contribution in [0.4, 0.5) is 0 Å². The summed E-state index contributed by atoms with van der Waals surface area (Å²) < 4.78 is 0. The van der Waals surface area contributed by atoms with Gasteiger partial charge in [-0.25, -0.2) is 0 Å². The molecule has 80 valence electrons. The molecule has 0 radical (unpaired) electrons. The molecule has 1 atom stereocenters. The lowest BCUT2D eigenvalue weighted by Crippen LogP contribution is -2.23. The van der Waals surface area contributed by atoms with Gasteiger partial charge in [0.25, 0.3) is 0 Å². The van der Waals surface area contributed by atoms with Crippen LogP contribution in [0.1, 0.15) is 26.7 Å². The summed E-state index contributed by atoms with van der Waals surface area (Å²) in [4.78, 5) is 10.2. The first kappa shape index (κ1) is 15.1. The minimum atomic E-state index is 0.491. The van der Waals surface area contributed by atoms with Crippen molar-refractivity contribution in [1.82, 2.24) is 10.6 Å². The quantitative estimate of drug-likeness (QED) is 0.587. The highest BCUT2D eigenvalue weighted by atomic mass is 16.1. The summed E-state index contributed by atoms with van der Waals surface area (Å²) in [6, 6.07) is 0. The number of nitrogens with one attached hydrogen (secondary N) is 2. The van der Waals surface area contributed by atoms with Crippen LogP contribution in [0, 0.1) is 5.92 Å². The van der Waals surface area contributed by atoms with Crippen LogP contribution >= 0.6 is 0 Å². The lowest BCUT2D eigenvalue weighted by molar-refractivity contribution is -0.108. The average Bonchev–Trinajstić information content (AvgIpc) is 2.18. The van der Waals surface area contributed by atoms with Gasteiger partial charge in [0, 0.05) is 6.42 Å². The second-order valence-electron chi connectivity index (χ2n) is 2.72. The zero-order chi connectivity index (χ0) is 10.5. The zero-order valence-corrected chi connectivity index (χ0v) is 9.39. The minimum absolute atomic E-state index is 0.491. The summed E-state index contributed by atoms with van der Waals surface area (Å²) >= 11 is 0. The van der Waals surface area contributed by atoms with Crippen LogP contribution in [-0.4, -0.2) is 33.5 Å². The van der Waals surface area contributed by atoms with E-state index in [2.05, 4.69) is 10.6 Å². The first-order chi connectivity index (χ1) is 6.35. The van der Waals surface area contributed by atoms with Crippen LogP contribution < -0.4 is 10.6 Å². The summed E-state index contributed by atoms with van der Waals surface area (Å²) in [5, 5.41) is 6.15. The van der Waals surface area contributed by atoms with Gasteiger partial charge in [-0.15, -0.1) is 0 Å². The van der Waals surface area contributed by atoms with Crippen molar-refractivity contribution in [3.8, 4) is 0 Å². The van der Waals surface area contributed by atoms with Gasteiger partial charge in [-0.3, -0.25) is 0 Å². The molecule has 0 heterocycles. The summed E-state index contributed by atoms with van der Waals surface area (Å²) in [5.74, 6) is 0.491. The molecule has 3 nitrogen and oxygen atoms in total. The summed E-state index contributed by atoms with van der Waals surface area (Å²) in [5.41, 5.74) is 0. The number of aldehydes is 1. The normalized spacial score (nSPS) is 11.4. The van der Waals surface area contributed by atoms with Crippen molar-refractivity contribution >= 4 is 6.29 Å². The van der Waals surface area contributed by atoms with Crippen molar-refractivity contribution in [2.45, 2.75) is 26.7 Å². The topological polar surface area (TPSA) is 41.1 Å². The summed E-state index contributed by atoms with van der Waals surface area (Å²) in [7, 11) is 3.84. The highest BCUT2D eigenvalue weighted by Gasteiger charge is 2.05. The molecule has 0 spiro atoms. The van der Waals surface area contributed by atoms with E-state index in [0.29, 0.717) is 12.3 Å². The Hall–Kier alpha value is -0.410. The number of hydrogen-bond donors (Lipinski definition) is 2. The molecule has 2 N–H and O–H groups in total. The fourth-order valence-electron chi connectivity index (χ4n) is 1.08. The number of carbonyl (C=O) groups is 1. The molecule has 0 rings (SSSR count). The Bertz CT molecular complexity index is 96.9. The smallest absolute Gasteiger partial charge is 0.120 e. The molecule has 0 bridgehead atoms. The lowest BCUT2D eigenvalue weighted by Gasteiger charge is -2.12. The molecule has 0 aromatic heterocycles. The average molecular weight is 188 g/mol. The van der Waals surface area contributed by atoms with E-state index < -0.39 is 0 Å². The first-order valence-corrected chi connectivity index (χ1v) is 5.08. The van der Waals surface area contributed by atoms with Gasteiger partial charge in [0.15, 0.2) is 0 Å². The SMILES string of the molecule is CC.CNCCC(CC=O)CNC. The van der Waals surface area contributed by atoms with Gasteiger partial charge in [-0.1, -0.05) is 13.8 Å². The monoisotopic (exact) mass is 188 g/mol. The summed E-state index contributed by atoms with van der Waals surface area (Å²) in [6.45, 7) is 5.92. The van der Waals surface area contributed by atoms with Crippen molar-refractivity contribution in [2.24, 2.45) is 5.92 Å². The third kappa shape index (κ3) is 11.6. The van der Waals surface area contributed by atoms with Crippen molar-refractivity contribution in [3.63, 3.8) is 0 Å². The van der Waals surface area contributed by atoms with Gasteiger partial charge in [0.2, 0.25) is 0 Å². The molecular weight excluding hydrogens is 164 g/mol. The second kappa shape index (κ2) is 14.1. The van der Waals surface area contributed by atoms with Crippen molar-refractivity contribution in [2.75, 3.05) is 27.2 Å². The van der Waals surface area contributed by atoms with E-state index in [4.69, 9.17) is 0 Å². The predicted molar refractivity (Wildman–Crippen MR) is 58.0 cm³/mol. The van der Waals surface area contributed by atoms with E-state index >= 15 is 0 Å². The molecule has 3 heteroatoms. The molecule has 0 fully saturated rings. The van der Waals surface area contributed by atoms with Crippen LogP contribution in [-0.2, 0) is 4.79 Å². The van der Waals surface area contributed by atoms with Crippen molar-refractivity contribution in [3.05, 3.63) is 0 Å². The molecule has 0 amide bonds. The number of hydrogen-bond acceptors (Lipinski definition) is 3. The van der Waals surface area contributed by atoms with E-state index in [1.54, 1.807) is 0 Å². The Kier molecular flexibility index (Phi) is 16.4. The fourth-order valence-corrected chi connectivity index (χ4v) is 1.08. The molecule has 0 aliphatic heterocycles. The zero-order valence-electron chi connectivity index (χ0n) is 9.39. The van der Waals surface area contributed by atoms with Crippen molar-refractivity contribution in [1.29, 1.82) is 0 Å². The van der Waals surface area contributed by atoms with Gasteiger partial charge in [-0.05, 0) is 39.5 Å². The van der Waals surface area contributed by atoms with Crippen LogP contribution in [0.15, 0.2) is 0 Å². The lowest BCUT2D eigenvalue weighted by atomic mass is 10.0. The van der Waals surface area contributed by atoms with Crippen LogP contribution in [0.2, 0.25) is 0 Å². The Morgan fingerprint density at radius 3 is 2.23 bits per heavy atom. The van der Waals surface area contributed by atoms with E-state index in [0.717, 1.165) is 25.8 Å². The van der Waals surface area contributed by atoms with Crippen LogP contribution in [0.3, 0.4) is 0 Å². The largest absolute Gasteiger partial charge is 0.320 e. The van der Waals surface area contributed by atoms with E-state index in [9.17, 15) is 4.79 Å². The predicted octanol–water partition coefficient (Wildman–Crippen LogP) is 1.05. The number of carbonyl (C=O) groups excluding carboxylic acids is 1. The van der Waals surface area contributed by atoms with Gasteiger partial charge in [-0.2, -0.15) is 0 Å². The van der Waals surface area contributed by atoms with Crippen LogP contribution in [0.5, 0.6) is 0 Å². The maximum Gasteiger partial charge on any atom is 0.120 e. The van der Waals surface area contributed by atoms with Gasteiger partial charge >= 0.3 is 0 Å². The van der Waals surface area contributed by atoms with Gasteiger partial charge < -0.3 is 15.4 Å². The highest BCUT2D eigenvalue weighted by molar-refractivity contribution is 5.49. The Labute approximate surface area is 82.3 Å². The first-order valence-electron chi connectivity index (χ1n) is 5.08. The molecule has 0 aromatic carbocycles. The Balaban J connectivity index is 0. The highest BCUT2D eigenvalue weighted by Crippen LogP contribution is 2.03. The van der Waals surface area contributed by atoms with Crippen molar-refractivity contribution < 1.29 is 4.79 Å². The molecule has 0 aliphatic rings. The maximum absolute atomic E-state index is 10.2. The molecule has 0 aliphatic carbocycles.